The second-order valence-corrected chi connectivity index (χ2v) is 17.4. The van der Waals surface area contributed by atoms with Crippen LogP contribution in [-0.4, -0.2) is 14.5 Å². The van der Waals surface area contributed by atoms with Crippen molar-refractivity contribution in [2.24, 2.45) is 0 Å². The van der Waals surface area contributed by atoms with Crippen LogP contribution in [0.1, 0.15) is 76.0 Å². The summed E-state index contributed by atoms with van der Waals surface area (Å²) in [7, 11) is 0. The molecule has 39 heavy (non-hydrogen) atoms. The average molecular weight is 650 g/mol. The van der Waals surface area contributed by atoms with E-state index in [9.17, 15) is 0 Å². The van der Waals surface area contributed by atoms with Gasteiger partial charge in [-0.15, -0.1) is 0 Å². The van der Waals surface area contributed by atoms with Gasteiger partial charge in [-0.1, -0.05) is 64.7 Å². The first-order chi connectivity index (χ1) is 19.3. The molecule has 0 aliphatic heterocycles. The number of unbranched alkanes of at least 4 members (excludes halogenated alkanes) is 9. The summed E-state index contributed by atoms with van der Waals surface area (Å²) < 4.78 is 10.4. The summed E-state index contributed by atoms with van der Waals surface area (Å²) in [5.41, 5.74) is 0. The minimum absolute atomic E-state index is 0.409. The quantitative estimate of drug-likeness (QED) is 0.0913. The number of rotatable bonds is 12. The molecule has 0 radical (unpaired) electrons. The van der Waals surface area contributed by atoms with Crippen LogP contribution in [-0.2, 0) is 6.42 Å². The standard InChI is InChI=1S/C34H34S4Se/c1-2-3-4-5-6-7-8-9-10-11-13-24-16-22-17-29-25(20-28(22)36-24)33-34(37-29)26-21-31-23(18-30(26)38-33)19-32(39-31)27-14-12-15-35-27/h12,14-21H,2-11,13H2,1H3. The zero-order chi connectivity index (χ0) is 26.2. The topological polar surface area (TPSA) is 0 Å². The van der Waals surface area contributed by atoms with Crippen molar-refractivity contribution in [1.29, 1.82) is 0 Å². The van der Waals surface area contributed by atoms with Crippen molar-refractivity contribution in [3.05, 3.63) is 58.8 Å². The molecule has 200 valence electrons. The maximum atomic E-state index is 2.52. The fourth-order valence-electron chi connectivity index (χ4n) is 5.83. The first-order valence-electron chi connectivity index (χ1n) is 14.6. The van der Waals surface area contributed by atoms with Gasteiger partial charge in [0.05, 0.1) is 0 Å². The van der Waals surface area contributed by atoms with Gasteiger partial charge in [-0.05, 0) is 0 Å². The Balaban J connectivity index is 1.06. The molecular formula is C34H34S4Se. The normalized spacial score (nSPS) is 12.3. The third-order valence-electron chi connectivity index (χ3n) is 7.95. The molecule has 0 bridgehead atoms. The number of hydrogen-bond acceptors (Lipinski definition) is 4. The second-order valence-electron chi connectivity index (χ2n) is 10.9. The summed E-state index contributed by atoms with van der Waals surface area (Å²) in [5.74, 6) is 0. The first-order valence-corrected chi connectivity index (χ1v) is 19.6. The number of fused-ring (bicyclic) bond motifs is 7. The SMILES string of the molecule is CCCCCCCCCCCCc1cc2cc3sc4c5cc6[se]c(-c7cccs7)cc6cc5sc4c3cc2s1. The molecule has 7 rings (SSSR count). The average Bonchev–Trinajstić information content (AvgIpc) is 3.75. The van der Waals surface area contributed by atoms with Crippen molar-refractivity contribution in [2.75, 3.05) is 0 Å². The van der Waals surface area contributed by atoms with E-state index in [1.54, 1.807) is 9.14 Å². The molecule has 0 fully saturated rings. The van der Waals surface area contributed by atoms with E-state index < -0.39 is 0 Å². The van der Waals surface area contributed by atoms with E-state index in [0.29, 0.717) is 14.5 Å². The molecule has 5 heteroatoms. The summed E-state index contributed by atoms with van der Waals surface area (Å²) in [4.78, 5) is 3.01. The first kappa shape index (κ1) is 26.4. The summed E-state index contributed by atoms with van der Waals surface area (Å²) in [6, 6.07) is 19.3. The van der Waals surface area contributed by atoms with Gasteiger partial charge in [0.2, 0.25) is 0 Å². The molecule has 7 aromatic rings. The van der Waals surface area contributed by atoms with Crippen molar-refractivity contribution in [1.82, 2.24) is 0 Å². The number of hydrogen-bond donors (Lipinski definition) is 0. The molecule has 5 heterocycles. The van der Waals surface area contributed by atoms with Crippen LogP contribution in [0, 0.1) is 0 Å². The molecule has 0 aliphatic carbocycles. The van der Waals surface area contributed by atoms with Gasteiger partial charge >= 0.3 is 190 Å². The van der Waals surface area contributed by atoms with Gasteiger partial charge in [0.15, 0.2) is 0 Å². The Bertz CT molecular complexity index is 1860. The van der Waals surface area contributed by atoms with E-state index in [4.69, 9.17) is 0 Å². The fourth-order valence-corrected chi connectivity index (χ4v) is 12.9. The number of aryl methyl sites for hydroxylation is 1. The zero-order valence-corrected chi connectivity index (χ0v) is 27.5. The van der Waals surface area contributed by atoms with Gasteiger partial charge in [0.1, 0.15) is 0 Å². The number of thiophene rings is 4. The van der Waals surface area contributed by atoms with Crippen LogP contribution in [0.5, 0.6) is 0 Å². The van der Waals surface area contributed by atoms with Gasteiger partial charge in [-0.2, -0.15) is 0 Å². The van der Waals surface area contributed by atoms with Gasteiger partial charge in [0.25, 0.3) is 0 Å². The van der Waals surface area contributed by atoms with Crippen LogP contribution in [0.25, 0.3) is 58.6 Å². The van der Waals surface area contributed by atoms with Crippen LogP contribution in [0.2, 0.25) is 0 Å². The van der Waals surface area contributed by atoms with E-state index in [2.05, 4.69) is 60.8 Å². The maximum absolute atomic E-state index is 2.52. The minimum atomic E-state index is 0.409. The summed E-state index contributed by atoms with van der Waals surface area (Å²) in [5, 5.41) is 8.03. The Labute approximate surface area is 253 Å². The third kappa shape index (κ3) is 5.44. The molecular weight excluding hydrogens is 616 g/mol. The Morgan fingerprint density at radius 2 is 1.33 bits per heavy atom. The predicted molar refractivity (Wildman–Crippen MR) is 183 cm³/mol. The van der Waals surface area contributed by atoms with E-state index in [0.717, 1.165) is 0 Å². The molecule has 0 nitrogen and oxygen atoms in total. The van der Waals surface area contributed by atoms with Gasteiger partial charge < -0.3 is 0 Å². The predicted octanol–water partition coefficient (Wildman–Crippen LogP) is 12.9. The fraction of sp³-hybridized carbons (Fsp3) is 0.353. The summed E-state index contributed by atoms with van der Waals surface area (Å²) >= 11 is 8.32. The van der Waals surface area contributed by atoms with Gasteiger partial charge in [-0.25, -0.2) is 0 Å². The van der Waals surface area contributed by atoms with Crippen LogP contribution < -0.4 is 0 Å². The molecule has 0 unspecified atom stereocenters. The molecule has 0 atom stereocenters. The molecule has 0 saturated heterocycles. The zero-order valence-electron chi connectivity index (χ0n) is 22.5. The molecule has 0 saturated carbocycles. The summed E-state index contributed by atoms with van der Waals surface area (Å²) in [6.07, 6.45) is 15.3. The Hall–Kier alpha value is -1.46. The molecule has 0 amide bonds. The Morgan fingerprint density at radius 1 is 0.641 bits per heavy atom. The van der Waals surface area contributed by atoms with E-state index in [-0.39, 0.29) is 0 Å². The van der Waals surface area contributed by atoms with Gasteiger partial charge in [0, 0.05) is 0 Å². The molecule has 0 spiro atoms. The van der Waals surface area contributed by atoms with Crippen LogP contribution in [0.3, 0.4) is 0 Å². The van der Waals surface area contributed by atoms with Crippen molar-refractivity contribution in [3.63, 3.8) is 0 Å². The van der Waals surface area contributed by atoms with Crippen molar-refractivity contribution in [2.45, 2.75) is 77.6 Å². The van der Waals surface area contributed by atoms with E-state index in [1.165, 1.54) is 125 Å². The Kier molecular flexibility index (Phi) is 8.00. The molecule has 5 aromatic heterocycles. The van der Waals surface area contributed by atoms with Crippen LogP contribution >= 0.6 is 45.3 Å². The summed E-state index contributed by atoms with van der Waals surface area (Å²) in [6.45, 7) is 2.30. The second kappa shape index (κ2) is 11.8. The van der Waals surface area contributed by atoms with Crippen molar-refractivity contribution in [3.8, 4) is 9.31 Å². The van der Waals surface area contributed by atoms with Crippen LogP contribution in [0.4, 0.5) is 0 Å². The number of benzene rings is 2. The molecule has 2 aromatic carbocycles. The van der Waals surface area contributed by atoms with E-state index in [1.807, 2.05) is 45.3 Å². The molecule has 0 N–H and O–H groups in total. The molecule has 0 aliphatic rings. The van der Waals surface area contributed by atoms with Crippen LogP contribution in [0.15, 0.2) is 53.9 Å². The van der Waals surface area contributed by atoms with E-state index >= 15 is 0 Å². The van der Waals surface area contributed by atoms with Crippen molar-refractivity contribution < 1.29 is 0 Å². The Morgan fingerprint density at radius 3 is 2.05 bits per heavy atom. The van der Waals surface area contributed by atoms with Crippen molar-refractivity contribution >= 4 is 109 Å². The monoisotopic (exact) mass is 650 g/mol. The third-order valence-corrected chi connectivity index (χ3v) is 15.2. The van der Waals surface area contributed by atoms with Gasteiger partial charge in [-0.3, -0.25) is 0 Å².